The van der Waals surface area contributed by atoms with Crippen LogP contribution < -0.4 is 31.9 Å². The van der Waals surface area contributed by atoms with Crippen molar-refractivity contribution in [2.75, 3.05) is 13.1 Å². The van der Waals surface area contributed by atoms with Gasteiger partial charge in [0.25, 0.3) is 5.91 Å². The number of rotatable bonds is 24. The van der Waals surface area contributed by atoms with Gasteiger partial charge < -0.3 is 46.3 Å². The lowest BCUT2D eigenvalue weighted by atomic mass is 9.98. The van der Waals surface area contributed by atoms with Crippen LogP contribution in [0.15, 0.2) is 0 Å². The highest BCUT2D eigenvalue weighted by Gasteiger charge is 2.41. The standard InChI is InChI=1S/C44H75N7O12/c1-14-17-28(36(55)41(60)45-23-15-2)47-39(58)31-18-16-24-51(31)42(61)35(26(5)6)50-40(59)34(25(3)4)49-38(57)30(20-22-33(54)63-44(11,12)13)48-37(56)29(46-27(7)52)19-21-32(53)62-43(8,9)10/h25-26,28-31,34-35H,14-24H2,1-13H3,(H,45,60)(H,46,52)(H,47,58)(H,48,56)(H,49,57)(H,50,59)/t28?,29-,30-,31-,34-,35-/m0/s1. The summed E-state index contributed by atoms with van der Waals surface area (Å²) in [6.07, 6.45) is 1.11. The minimum absolute atomic E-state index is 0.171. The molecule has 0 aliphatic carbocycles. The molecule has 19 heteroatoms. The lowest BCUT2D eigenvalue weighted by Crippen LogP contribution is -2.61. The van der Waals surface area contributed by atoms with Crippen molar-refractivity contribution in [3.05, 3.63) is 0 Å². The molecule has 1 unspecified atom stereocenters. The molecule has 0 aromatic carbocycles. The Balaban J connectivity index is 3.35. The van der Waals surface area contributed by atoms with Gasteiger partial charge in [0.15, 0.2) is 0 Å². The van der Waals surface area contributed by atoms with Crippen molar-refractivity contribution in [2.45, 2.75) is 195 Å². The van der Waals surface area contributed by atoms with E-state index in [2.05, 4.69) is 31.9 Å². The number of likely N-dealkylation sites (tertiary alicyclic amines) is 1. The number of Topliss-reactive ketones (excluding diaryl/α,β-unsaturated/α-hetero) is 1. The number of nitrogens with one attached hydrogen (secondary N) is 6. The minimum atomic E-state index is -1.43. The molecule has 6 atom stereocenters. The molecule has 7 amide bonds. The summed E-state index contributed by atoms with van der Waals surface area (Å²) in [6.45, 7) is 22.1. The van der Waals surface area contributed by atoms with Crippen molar-refractivity contribution in [3.63, 3.8) is 0 Å². The van der Waals surface area contributed by atoms with Gasteiger partial charge >= 0.3 is 11.9 Å². The third-order valence-corrected chi connectivity index (χ3v) is 9.73. The third kappa shape index (κ3) is 20.3. The van der Waals surface area contributed by atoms with E-state index in [0.717, 1.165) is 0 Å². The molecule has 63 heavy (non-hydrogen) atoms. The topological polar surface area (TPSA) is 265 Å². The van der Waals surface area contributed by atoms with Crippen LogP contribution in [0.4, 0.5) is 0 Å². The van der Waals surface area contributed by atoms with E-state index in [9.17, 15) is 47.9 Å². The van der Waals surface area contributed by atoms with Crippen LogP contribution in [0.2, 0.25) is 0 Å². The molecule has 0 bridgehead atoms. The smallest absolute Gasteiger partial charge is 0.306 e. The highest BCUT2D eigenvalue weighted by atomic mass is 16.6. The largest absolute Gasteiger partial charge is 0.460 e. The maximum atomic E-state index is 14.2. The molecule has 1 rings (SSSR count). The van der Waals surface area contributed by atoms with Crippen molar-refractivity contribution >= 4 is 59.1 Å². The molecule has 0 spiro atoms. The number of hydrogen-bond acceptors (Lipinski definition) is 12. The fourth-order valence-electron chi connectivity index (χ4n) is 6.70. The van der Waals surface area contributed by atoms with Crippen LogP contribution in [0.25, 0.3) is 0 Å². The quantitative estimate of drug-likeness (QED) is 0.0600. The van der Waals surface area contributed by atoms with E-state index in [0.29, 0.717) is 25.8 Å². The van der Waals surface area contributed by atoms with Crippen molar-refractivity contribution in [1.82, 2.24) is 36.8 Å². The molecular weight excluding hydrogens is 819 g/mol. The summed E-state index contributed by atoms with van der Waals surface area (Å²) in [5.74, 6) is -8.04. The van der Waals surface area contributed by atoms with Gasteiger partial charge in [0.2, 0.25) is 41.2 Å². The first kappa shape index (κ1) is 55.9. The molecule has 0 aromatic rings. The Morgan fingerprint density at radius 3 is 1.57 bits per heavy atom. The molecule has 19 nitrogen and oxygen atoms in total. The maximum Gasteiger partial charge on any atom is 0.306 e. The van der Waals surface area contributed by atoms with E-state index in [-0.39, 0.29) is 45.1 Å². The van der Waals surface area contributed by atoms with Crippen LogP contribution in [-0.4, -0.2) is 125 Å². The Bertz CT molecular complexity index is 1630. The van der Waals surface area contributed by atoms with Gasteiger partial charge in [-0.05, 0) is 91.9 Å². The fraction of sp³-hybridized carbons (Fsp3) is 0.773. The second kappa shape index (κ2) is 25.9. The minimum Gasteiger partial charge on any atom is -0.460 e. The maximum absolute atomic E-state index is 14.2. The van der Waals surface area contributed by atoms with Crippen molar-refractivity contribution in [1.29, 1.82) is 0 Å². The molecule has 0 saturated carbocycles. The number of nitrogens with zero attached hydrogens (tertiary/aromatic N) is 1. The first-order valence-corrected chi connectivity index (χ1v) is 22.2. The van der Waals surface area contributed by atoms with Gasteiger partial charge in [0.1, 0.15) is 41.4 Å². The van der Waals surface area contributed by atoms with Gasteiger partial charge in [0.05, 0.1) is 6.04 Å². The van der Waals surface area contributed by atoms with E-state index in [4.69, 9.17) is 9.47 Å². The van der Waals surface area contributed by atoms with Gasteiger partial charge in [-0.1, -0.05) is 48.0 Å². The van der Waals surface area contributed by atoms with E-state index < -0.39 is 118 Å². The second-order valence-electron chi connectivity index (χ2n) is 18.7. The average Bonchev–Trinajstić information content (AvgIpc) is 3.66. The van der Waals surface area contributed by atoms with Crippen LogP contribution >= 0.6 is 0 Å². The molecule has 1 aliphatic heterocycles. The summed E-state index contributed by atoms with van der Waals surface area (Å²) >= 11 is 0. The van der Waals surface area contributed by atoms with E-state index >= 15 is 0 Å². The average molecular weight is 894 g/mol. The summed E-state index contributed by atoms with van der Waals surface area (Å²) < 4.78 is 10.7. The van der Waals surface area contributed by atoms with Crippen LogP contribution in [0.3, 0.4) is 0 Å². The van der Waals surface area contributed by atoms with E-state index in [1.165, 1.54) is 11.8 Å². The third-order valence-electron chi connectivity index (χ3n) is 9.73. The molecule has 1 fully saturated rings. The van der Waals surface area contributed by atoms with Gasteiger partial charge in [0, 0.05) is 32.9 Å². The second-order valence-corrected chi connectivity index (χ2v) is 18.7. The Kier molecular flexibility index (Phi) is 23.0. The van der Waals surface area contributed by atoms with Gasteiger partial charge in [-0.15, -0.1) is 0 Å². The number of amides is 7. The van der Waals surface area contributed by atoms with Crippen molar-refractivity contribution in [3.8, 4) is 0 Å². The highest BCUT2D eigenvalue weighted by molar-refractivity contribution is 6.38. The molecule has 1 saturated heterocycles. The number of ether oxygens (including phenoxy) is 2. The van der Waals surface area contributed by atoms with E-state index in [1.807, 2.05) is 13.8 Å². The van der Waals surface area contributed by atoms with Gasteiger partial charge in [-0.2, -0.15) is 0 Å². The molecule has 1 aliphatic rings. The van der Waals surface area contributed by atoms with Gasteiger partial charge in [-0.3, -0.25) is 47.9 Å². The Morgan fingerprint density at radius 1 is 0.619 bits per heavy atom. The van der Waals surface area contributed by atoms with Gasteiger partial charge in [-0.25, -0.2) is 0 Å². The van der Waals surface area contributed by atoms with Crippen LogP contribution in [0.1, 0.15) is 148 Å². The molecule has 0 radical (unpaired) electrons. The number of esters is 2. The predicted octanol–water partition coefficient (Wildman–Crippen LogP) is 1.87. The Morgan fingerprint density at radius 2 is 1.11 bits per heavy atom. The molecule has 0 aromatic heterocycles. The van der Waals surface area contributed by atoms with Crippen molar-refractivity contribution < 1.29 is 57.4 Å². The Hall–Kier alpha value is -5.10. The molecular formula is C44H75N7O12. The number of carbonyl (C=O) groups excluding carboxylic acids is 10. The summed E-state index contributed by atoms with van der Waals surface area (Å²) in [5.41, 5.74) is -1.64. The Labute approximate surface area is 372 Å². The lowest BCUT2D eigenvalue weighted by molar-refractivity contribution is -0.156. The first-order valence-electron chi connectivity index (χ1n) is 22.2. The van der Waals surface area contributed by atoms with Crippen molar-refractivity contribution in [2.24, 2.45) is 11.8 Å². The summed E-state index contributed by atoms with van der Waals surface area (Å²) in [7, 11) is 0. The predicted molar refractivity (Wildman–Crippen MR) is 233 cm³/mol. The number of hydrogen-bond donors (Lipinski definition) is 6. The zero-order valence-electron chi connectivity index (χ0n) is 39.7. The number of carbonyl (C=O) groups is 10. The highest BCUT2D eigenvalue weighted by Crippen LogP contribution is 2.22. The molecule has 1 heterocycles. The van der Waals surface area contributed by atoms with Crippen LogP contribution in [0.5, 0.6) is 0 Å². The lowest BCUT2D eigenvalue weighted by Gasteiger charge is -2.33. The first-order chi connectivity index (χ1) is 29.1. The molecule has 6 N–H and O–H groups in total. The SMILES string of the molecule is CCCNC(=O)C(=O)C(CCC)NC(=O)[C@@H]1CCCN1C(=O)[C@@H](NC(=O)[C@@H](NC(=O)[C@H](CCC(=O)OC(C)(C)C)NC(=O)[C@H](CCC(=O)OC(C)(C)C)NC(C)=O)C(C)C)C(C)C. The summed E-state index contributed by atoms with van der Waals surface area (Å²) in [4.78, 5) is 134. The normalized spacial score (nSPS) is 16.4. The zero-order valence-corrected chi connectivity index (χ0v) is 39.7. The zero-order chi connectivity index (χ0) is 48.4. The summed E-state index contributed by atoms with van der Waals surface area (Å²) in [6, 6.07) is -7.16. The molecule has 358 valence electrons. The monoisotopic (exact) mass is 894 g/mol. The fourth-order valence-corrected chi connectivity index (χ4v) is 6.70. The van der Waals surface area contributed by atoms with E-state index in [1.54, 1.807) is 69.2 Å². The number of ketones is 1. The van der Waals surface area contributed by atoms with Crippen LogP contribution in [0, 0.1) is 11.8 Å². The van der Waals surface area contributed by atoms with Crippen LogP contribution in [-0.2, 0) is 57.4 Å². The summed E-state index contributed by atoms with van der Waals surface area (Å²) in [5, 5.41) is 15.7.